The molecule has 0 fully saturated rings. The molecule has 0 amide bonds. The normalized spacial score (nSPS) is 12.8. The molecule has 1 heterocycles. The van der Waals surface area contributed by atoms with Crippen molar-refractivity contribution in [2.75, 3.05) is 5.75 Å². The van der Waals surface area contributed by atoms with Crippen molar-refractivity contribution < 1.29 is 9.90 Å². The third-order valence-corrected chi connectivity index (χ3v) is 4.24. The largest absolute Gasteiger partial charge is 0.481 e. The van der Waals surface area contributed by atoms with E-state index >= 15 is 0 Å². The SMILES string of the molecule is CCC(C)n1c(SCC(=O)O)nc2c(Cl)cccc21. The monoisotopic (exact) mass is 298 g/mol. The molecular weight excluding hydrogens is 284 g/mol. The Labute approximate surface area is 120 Å². The van der Waals surface area contributed by atoms with E-state index in [4.69, 9.17) is 16.7 Å². The lowest BCUT2D eigenvalue weighted by Crippen LogP contribution is -2.07. The summed E-state index contributed by atoms with van der Waals surface area (Å²) in [6, 6.07) is 5.89. The van der Waals surface area contributed by atoms with Crippen LogP contribution in [-0.2, 0) is 4.79 Å². The van der Waals surface area contributed by atoms with Crippen molar-refractivity contribution in [3.63, 3.8) is 0 Å². The molecule has 0 bridgehead atoms. The fourth-order valence-corrected chi connectivity index (χ4v) is 2.94. The zero-order valence-corrected chi connectivity index (χ0v) is 12.3. The minimum Gasteiger partial charge on any atom is -0.481 e. The van der Waals surface area contributed by atoms with Gasteiger partial charge in [0.05, 0.1) is 16.3 Å². The Kier molecular flexibility index (Phi) is 4.37. The summed E-state index contributed by atoms with van der Waals surface area (Å²) in [6.07, 6.45) is 0.943. The number of thioether (sulfide) groups is 1. The van der Waals surface area contributed by atoms with Crippen molar-refractivity contribution in [3.8, 4) is 0 Å². The van der Waals surface area contributed by atoms with E-state index < -0.39 is 5.97 Å². The van der Waals surface area contributed by atoms with Crippen molar-refractivity contribution in [2.45, 2.75) is 31.5 Å². The zero-order valence-electron chi connectivity index (χ0n) is 10.8. The van der Waals surface area contributed by atoms with Gasteiger partial charge in [0.25, 0.3) is 0 Å². The van der Waals surface area contributed by atoms with Gasteiger partial charge in [-0.3, -0.25) is 4.79 Å². The molecule has 1 atom stereocenters. The number of fused-ring (bicyclic) bond motifs is 1. The highest BCUT2D eigenvalue weighted by atomic mass is 35.5. The van der Waals surface area contributed by atoms with Crippen LogP contribution in [0.15, 0.2) is 23.4 Å². The van der Waals surface area contributed by atoms with Crippen LogP contribution in [0.4, 0.5) is 0 Å². The Morgan fingerprint density at radius 3 is 2.95 bits per heavy atom. The Morgan fingerprint density at radius 1 is 1.58 bits per heavy atom. The number of carbonyl (C=O) groups is 1. The smallest absolute Gasteiger partial charge is 0.313 e. The second kappa shape index (κ2) is 5.84. The number of halogens is 1. The molecule has 2 rings (SSSR count). The molecule has 1 aromatic heterocycles. The molecule has 4 nitrogen and oxygen atoms in total. The van der Waals surface area contributed by atoms with E-state index in [1.54, 1.807) is 6.07 Å². The average Bonchev–Trinajstić information content (AvgIpc) is 2.75. The summed E-state index contributed by atoms with van der Waals surface area (Å²) in [5.74, 6) is -0.851. The minimum atomic E-state index is -0.848. The molecule has 0 aliphatic rings. The highest BCUT2D eigenvalue weighted by Crippen LogP contribution is 2.32. The van der Waals surface area contributed by atoms with Gasteiger partial charge in [-0.15, -0.1) is 0 Å². The first kappa shape index (κ1) is 14.2. The van der Waals surface area contributed by atoms with E-state index in [-0.39, 0.29) is 11.8 Å². The van der Waals surface area contributed by atoms with Crippen molar-refractivity contribution in [2.24, 2.45) is 0 Å². The molecular formula is C13H15ClN2O2S. The second-order valence-corrected chi connectivity index (χ2v) is 5.66. The van der Waals surface area contributed by atoms with Gasteiger partial charge in [-0.2, -0.15) is 0 Å². The summed E-state index contributed by atoms with van der Waals surface area (Å²) in [4.78, 5) is 15.2. The summed E-state index contributed by atoms with van der Waals surface area (Å²) in [6.45, 7) is 4.18. The number of hydrogen-bond acceptors (Lipinski definition) is 3. The average molecular weight is 299 g/mol. The van der Waals surface area contributed by atoms with Crippen molar-refractivity contribution >= 4 is 40.4 Å². The van der Waals surface area contributed by atoms with Gasteiger partial charge in [0.1, 0.15) is 5.52 Å². The number of carboxylic acids is 1. The van der Waals surface area contributed by atoms with Gasteiger partial charge >= 0.3 is 5.97 Å². The van der Waals surface area contributed by atoms with Gasteiger partial charge in [-0.1, -0.05) is 36.4 Å². The van der Waals surface area contributed by atoms with Crippen LogP contribution >= 0.6 is 23.4 Å². The summed E-state index contributed by atoms with van der Waals surface area (Å²) in [7, 11) is 0. The number of imidazole rings is 1. The van der Waals surface area contributed by atoms with Crippen LogP contribution in [0.25, 0.3) is 11.0 Å². The summed E-state index contributed by atoms with van der Waals surface area (Å²) in [5.41, 5.74) is 1.69. The first-order valence-corrected chi connectivity index (χ1v) is 7.42. The number of rotatable bonds is 5. The lowest BCUT2D eigenvalue weighted by molar-refractivity contribution is -0.133. The predicted molar refractivity (Wildman–Crippen MR) is 78.1 cm³/mol. The fourth-order valence-electron chi connectivity index (χ4n) is 1.90. The summed E-state index contributed by atoms with van der Waals surface area (Å²) in [5, 5.41) is 10.1. The zero-order chi connectivity index (χ0) is 14.0. The van der Waals surface area contributed by atoms with Gasteiger partial charge in [-0.05, 0) is 25.5 Å². The quantitative estimate of drug-likeness (QED) is 0.852. The van der Waals surface area contributed by atoms with E-state index in [1.165, 1.54) is 11.8 Å². The summed E-state index contributed by atoms with van der Waals surface area (Å²) >= 11 is 7.38. The Bertz CT molecular complexity index is 612. The van der Waals surface area contributed by atoms with Crippen LogP contribution in [0.3, 0.4) is 0 Å². The van der Waals surface area contributed by atoms with E-state index in [0.717, 1.165) is 17.5 Å². The third-order valence-electron chi connectivity index (χ3n) is 2.99. The molecule has 102 valence electrons. The number of para-hydroxylation sites is 1. The molecule has 0 saturated heterocycles. The molecule has 0 radical (unpaired) electrons. The molecule has 19 heavy (non-hydrogen) atoms. The lowest BCUT2D eigenvalue weighted by Gasteiger charge is -2.15. The lowest BCUT2D eigenvalue weighted by atomic mass is 10.2. The molecule has 1 unspecified atom stereocenters. The van der Waals surface area contributed by atoms with E-state index in [2.05, 4.69) is 23.4 Å². The molecule has 0 spiro atoms. The van der Waals surface area contributed by atoms with Crippen LogP contribution in [0, 0.1) is 0 Å². The van der Waals surface area contributed by atoms with Crippen LogP contribution < -0.4 is 0 Å². The molecule has 0 aliphatic carbocycles. The molecule has 6 heteroatoms. The van der Waals surface area contributed by atoms with Crippen LogP contribution in [0.2, 0.25) is 5.02 Å². The topological polar surface area (TPSA) is 55.1 Å². The summed E-state index contributed by atoms with van der Waals surface area (Å²) < 4.78 is 2.06. The Morgan fingerprint density at radius 2 is 2.32 bits per heavy atom. The highest BCUT2D eigenvalue weighted by Gasteiger charge is 2.17. The maximum absolute atomic E-state index is 10.7. The predicted octanol–water partition coefficient (Wildman–Crippen LogP) is 3.84. The fraction of sp³-hybridized carbons (Fsp3) is 0.385. The maximum atomic E-state index is 10.7. The first-order valence-electron chi connectivity index (χ1n) is 6.05. The van der Waals surface area contributed by atoms with Gasteiger partial charge in [0.2, 0.25) is 0 Å². The van der Waals surface area contributed by atoms with Crippen LogP contribution in [0.1, 0.15) is 26.3 Å². The van der Waals surface area contributed by atoms with Gasteiger partial charge < -0.3 is 9.67 Å². The number of benzene rings is 1. The highest BCUT2D eigenvalue weighted by molar-refractivity contribution is 7.99. The van der Waals surface area contributed by atoms with Crippen molar-refractivity contribution in [3.05, 3.63) is 23.2 Å². The number of aromatic nitrogens is 2. The van der Waals surface area contributed by atoms with Gasteiger partial charge in [0.15, 0.2) is 5.16 Å². The molecule has 1 N–H and O–H groups in total. The maximum Gasteiger partial charge on any atom is 0.313 e. The van der Waals surface area contributed by atoms with E-state index in [9.17, 15) is 4.79 Å². The number of aliphatic carboxylic acids is 1. The molecule has 2 aromatic rings. The molecule has 0 aliphatic heterocycles. The third kappa shape index (κ3) is 2.87. The van der Waals surface area contributed by atoms with E-state index in [0.29, 0.717) is 10.2 Å². The van der Waals surface area contributed by atoms with Crippen molar-refractivity contribution in [1.29, 1.82) is 0 Å². The first-order chi connectivity index (χ1) is 9.04. The number of nitrogens with zero attached hydrogens (tertiary/aromatic N) is 2. The standard InChI is InChI=1S/C13H15ClN2O2S/c1-3-8(2)16-10-6-4-5-9(14)12(10)15-13(16)19-7-11(17)18/h4-6,8H,3,7H2,1-2H3,(H,17,18). The van der Waals surface area contributed by atoms with E-state index in [1.807, 2.05) is 12.1 Å². The number of hydrogen-bond donors (Lipinski definition) is 1. The van der Waals surface area contributed by atoms with Gasteiger partial charge in [-0.25, -0.2) is 4.98 Å². The Balaban J connectivity index is 2.54. The molecule has 0 saturated carbocycles. The van der Waals surface area contributed by atoms with Crippen molar-refractivity contribution in [1.82, 2.24) is 9.55 Å². The number of carboxylic acid groups (broad SMARTS) is 1. The van der Waals surface area contributed by atoms with Gasteiger partial charge in [0, 0.05) is 6.04 Å². The minimum absolute atomic E-state index is 0.00260. The van der Waals surface area contributed by atoms with Crippen LogP contribution in [-0.4, -0.2) is 26.4 Å². The Hall–Kier alpha value is -1.20. The molecule has 1 aromatic carbocycles. The second-order valence-electron chi connectivity index (χ2n) is 4.31. The van der Waals surface area contributed by atoms with Crippen LogP contribution in [0.5, 0.6) is 0 Å².